The number of hydrogen-bond acceptors (Lipinski definition) is 3. The number of amides is 3. The zero-order chi connectivity index (χ0) is 11.5. The highest BCUT2D eigenvalue weighted by molar-refractivity contribution is 8.00. The van der Waals surface area contributed by atoms with Gasteiger partial charge in [-0.1, -0.05) is 6.42 Å². The molecule has 106 valence electrons. The van der Waals surface area contributed by atoms with Gasteiger partial charge in [-0.05, 0) is 12.8 Å². The minimum absolute atomic E-state index is 0. The average molecular weight is 316 g/mol. The van der Waals surface area contributed by atoms with Gasteiger partial charge < -0.3 is 16.4 Å². The molecule has 0 bridgehead atoms. The topological polar surface area (TPSA) is 84.2 Å². The summed E-state index contributed by atoms with van der Waals surface area (Å²) in [5, 5.41) is 6.35. The van der Waals surface area contributed by atoms with Gasteiger partial charge in [-0.2, -0.15) is 11.8 Å². The van der Waals surface area contributed by atoms with Crippen LogP contribution < -0.4 is 16.4 Å². The fraction of sp³-hybridized carbons (Fsp3) is 0.800. The number of rotatable bonds is 5. The number of carbonyl (C=O) groups excluding carboxylic acids is 2. The van der Waals surface area contributed by atoms with E-state index >= 15 is 0 Å². The number of fused-ring (bicyclic) bond motifs is 1. The Morgan fingerprint density at radius 3 is 2.72 bits per heavy atom. The highest BCUT2D eigenvalue weighted by atomic mass is 35.5. The first kappa shape index (κ1) is 17.7. The average Bonchev–Trinajstić information content (AvgIpc) is 2.72. The maximum atomic E-state index is 11.1. The third kappa shape index (κ3) is 4.40. The maximum Gasteiger partial charge on any atom is 0.315 e. The Kier molecular flexibility index (Phi) is 7.82. The van der Waals surface area contributed by atoms with Gasteiger partial charge in [-0.15, -0.1) is 24.8 Å². The highest BCUT2D eigenvalue weighted by Gasteiger charge is 2.42. The van der Waals surface area contributed by atoms with Crippen LogP contribution in [0, 0.1) is 0 Å². The monoisotopic (exact) mass is 315 g/mol. The normalized spacial score (nSPS) is 28.4. The number of primary amides is 1. The Labute approximate surface area is 123 Å². The summed E-state index contributed by atoms with van der Waals surface area (Å²) in [4.78, 5) is 21.7. The van der Waals surface area contributed by atoms with Gasteiger partial charge in [0.2, 0.25) is 5.91 Å². The van der Waals surface area contributed by atoms with Crippen molar-refractivity contribution in [3.8, 4) is 0 Å². The molecule has 2 heterocycles. The zero-order valence-corrected chi connectivity index (χ0v) is 12.3. The lowest BCUT2D eigenvalue weighted by molar-refractivity contribution is -0.118. The van der Waals surface area contributed by atoms with Crippen LogP contribution in [-0.2, 0) is 4.79 Å². The van der Waals surface area contributed by atoms with E-state index in [-0.39, 0.29) is 42.8 Å². The molecule has 0 aromatic rings. The molecule has 0 radical (unpaired) electrons. The van der Waals surface area contributed by atoms with Crippen molar-refractivity contribution >= 4 is 48.5 Å². The summed E-state index contributed by atoms with van der Waals surface area (Å²) in [6, 6.07) is 0.516. The summed E-state index contributed by atoms with van der Waals surface area (Å²) in [5.74, 6) is 0.761. The van der Waals surface area contributed by atoms with Crippen LogP contribution in [0.15, 0.2) is 0 Å². The predicted molar refractivity (Wildman–Crippen MR) is 77.6 cm³/mol. The molecule has 0 aromatic carbocycles. The van der Waals surface area contributed by atoms with Gasteiger partial charge in [0, 0.05) is 17.4 Å². The van der Waals surface area contributed by atoms with Crippen LogP contribution in [0.4, 0.5) is 4.79 Å². The van der Waals surface area contributed by atoms with Gasteiger partial charge in [-0.25, -0.2) is 4.79 Å². The van der Waals surface area contributed by atoms with Crippen LogP contribution in [-0.4, -0.2) is 35.0 Å². The molecule has 5 nitrogen and oxygen atoms in total. The van der Waals surface area contributed by atoms with Crippen LogP contribution in [0.2, 0.25) is 0 Å². The molecule has 0 aromatic heterocycles. The summed E-state index contributed by atoms with van der Waals surface area (Å²) < 4.78 is 0. The molecule has 3 atom stereocenters. The van der Waals surface area contributed by atoms with Crippen molar-refractivity contribution < 1.29 is 9.59 Å². The molecule has 8 heteroatoms. The Bertz CT molecular complexity index is 307. The maximum absolute atomic E-state index is 11.1. The smallest absolute Gasteiger partial charge is 0.315 e. The van der Waals surface area contributed by atoms with E-state index in [9.17, 15) is 9.59 Å². The van der Waals surface area contributed by atoms with Crippen molar-refractivity contribution in [2.24, 2.45) is 5.73 Å². The molecule has 2 saturated heterocycles. The molecule has 18 heavy (non-hydrogen) atoms. The molecule has 2 aliphatic heterocycles. The van der Waals surface area contributed by atoms with Crippen LogP contribution >= 0.6 is 36.6 Å². The standard InChI is InChI=1S/C10H17N3O2S.2ClH/c11-8(14)4-2-1-3-7-9-6(5-16-7)12-10(15)13-9;;/h6-7,9H,1-5H2,(H2,11,14)(H2,12,13,15);2*1H/t6-,7-,9-;;/m0../s1. The minimum atomic E-state index is -0.229. The number of urea groups is 1. The third-order valence-electron chi connectivity index (χ3n) is 3.10. The SMILES string of the molecule is Cl.Cl.NC(=O)CCCC[C@@H]1SC[C@@H]2NC(=O)N[C@@H]21. The summed E-state index contributed by atoms with van der Waals surface area (Å²) in [7, 11) is 0. The molecule has 3 amide bonds. The minimum Gasteiger partial charge on any atom is -0.370 e. The van der Waals surface area contributed by atoms with Crippen LogP contribution in [0.1, 0.15) is 25.7 Å². The number of nitrogens with one attached hydrogen (secondary N) is 2. The number of halogens is 2. The summed E-state index contributed by atoms with van der Waals surface area (Å²) in [6.07, 6.45) is 3.36. The van der Waals surface area contributed by atoms with Gasteiger partial charge in [0.1, 0.15) is 0 Å². The first-order valence-corrected chi connectivity index (χ1v) is 6.68. The van der Waals surface area contributed by atoms with E-state index in [1.54, 1.807) is 0 Å². The van der Waals surface area contributed by atoms with Gasteiger partial charge in [0.15, 0.2) is 0 Å². The Morgan fingerprint density at radius 1 is 1.33 bits per heavy atom. The quantitative estimate of drug-likeness (QED) is 0.523. The van der Waals surface area contributed by atoms with E-state index in [4.69, 9.17) is 5.73 Å². The predicted octanol–water partition coefficient (Wildman–Crippen LogP) is 1.04. The molecule has 2 aliphatic rings. The summed E-state index contributed by atoms with van der Waals surface area (Å²) in [6.45, 7) is 0. The van der Waals surface area contributed by atoms with E-state index in [0.29, 0.717) is 17.7 Å². The van der Waals surface area contributed by atoms with E-state index < -0.39 is 0 Å². The Hall–Kier alpha value is -0.330. The highest BCUT2D eigenvalue weighted by Crippen LogP contribution is 2.33. The number of unbranched alkanes of at least 4 members (excludes halogenated alkanes) is 1. The van der Waals surface area contributed by atoms with Crippen molar-refractivity contribution in [3.63, 3.8) is 0 Å². The first-order valence-electron chi connectivity index (χ1n) is 5.64. The molecule has 4 N–H and O–H groups in total. The molecule has 0 saturated carbocycles. The van der Waals surface area contributed by atoms with E-state index in [0.717, 1.165) is 25.0 Å². The van der Waals surface area contributed by atoms with Crippen LogP contribution in [0.25, 0.3) is 0 Å². The summed E-state index contributed by atoms with van der Waals surface area (Å²) >= 11 is 1.90. The second-order valence-electron chi connectivity index (χ2n) is 4.33. The Balaban J connectivity index is 0.00000144. The Morgan fingerprint density at radius 2 is 2.06 bits per heavy atom. The van der Waals surface area contributed by atoms with Crippen molar-refractivity contribution in [3.05, 3.63) is 0 Å². The van der Waals surface area contributed by atoms with Crippen LogP contribution in [0.3, 0.4) is 0 Å². The lowest BCUT2D eigenvalue weighted by Gasteiger charge is -2.16. The molecule has 2 rings (SSSR count). The largest absolute Gasteiger partial charge is 0.370 e. The second kappa shape index (κ2) is 7.96. The fourth-order valence-corrected chi connectivity index (χ4v) is 3.83. The molecule has 0 unspecified atom stereocenters. The number of hydrogen-bond donors (Lipinski definition) is 3. The molecule has 2 fully saturated rings. The number of carbonyl (C=O) groups is 2. The van der Waals surface area contributed by atoms with Gasteiger partial charge >= 0.3 is 6.03 Å². The van der Waals surface area contributed by atoms with Crippen LogP contribution in [0.5, 0.6) is 0 Å². The van der Waals surface area contributed by atoms with Crippen molar-refractivity contribution in [1.29, 1.82) is 0 Å². The summed E-state index contributed by atoms with van der Waals surface area (Å²) in [5.41, 5.74) is 5.08. The number of nitrogens with two attached hydrogens (primary N) is 1. The molecular weight excluding hydrogens is 297 g/mol. The zero-order valence-electron chi connectivity index (χ0n) is 9.89. The van der Waals surface area contributed by atoms with E-state index in [1.807, 2.05) is 11.8 Å². The number of thioether (sulfide) groups is 1. The lowest BCUT2D eigenvalue weighted by atomic mass is 10.0. The van der Waals surface area contributed by atoms with E-state index in [1.165, 1.54) is 0 Å². The van der Waals surface area contributed by atoms with Gasteiger partial charge in [0.05, 0.1) is 12.1 Å². The van der Waals surface area contributed by atoms with Gasteiger partial charge in [-0.3, -0.25) is 4.79 Å². The van der Waals surface area contributed by atoms with Crippen molar-refractivity contribution in [2.75, 3.05) is 5.75 Å². The van der Waals surface area contributed by atoms with Gasteiger partial charge in [0.25, 0.3) is 0 Å². The van der Waals surface area contributed by atoms with Crippen molar-refractivity contribution in [1.82, 2.24) is 10.6 Å². The second-order valence-corrected chi connectivity index (χ2v) is 5.61. The lowest BCUT2D eigenvalue weighted by Crippen LogP contribution is -2.36. The first-order chi connectivity index (χ1) is 7.66. The van der Waals surface area contributed by atoms with Crippen molar-refractivity contribution in [2.45, 2.75) is 43.0 Å². The molecule has 0 spiro atoms. The third-order valence-corrected chi connectivity index (χ3v) is 4.61. The van der Waals surface area contributed by atoms with E-state index in [2.05, 4.69) is 10.6 Å². The molecular formula is C10H19Cl2N3O2S. The fourth-order valence-electron chi connectivity index (χ4n) is 2.29. The molecule has 0 aliphatic carbocycles.